The molecule has 0 fully saturated rings. The van der Waals surface area contributed by atoms with Gasteiger partial charge in [-0.1, -0.05) is 18.2 Å². The second-order valence-electron chi connectivity index (χ2n) is 4.86. The molecule has 2 rings (SSSR count). The van der Waals surface area contributed by atoms with Crippen molar-refractivity contribution in [1.82, 2.24) is 0 Å². The van der Waals surface area contributed by atoms with E-state index in [1.807, 2.05) is 26.0 Å². The van der Waals surface area contributed by atoms with Crippen LogP contribution in [-0.4, -0.2) is 4.92 Å². The summed E-state index contributed by atoms with van der Waals surface area (Å²) >= 11 is 0. The van der Waals surface area contributed by atoms with E-state index >= 15 is 0 Å². The number of aryl methyl sites for hydroxylation is 1. The lowest BCUT2D eigenvalue weighted by Crippen LogP contribution is -2.08. The van der Waals surface area contributed by atoms with Crippen molar-refractivity contribution in [3.8, 4) is 6.07 Å². The van der Waals surface area contributed by atoms with Crippen LogP contribution in [0, 0.1) is 28.4 Å². The number of hydrogen-bond donors (Lipinski definition) is 1. The Morgan fingerprint density at radius 1 is 1.29 bits per heavy atom. The van der Waals surface area contributed by atoms with Gasteiger partial charge >= 0.3 is 0 Å². The van der Waals surface area contributed by atoms with Crippen LogP contribution in [0.4, 0.5) is 11.4 Å². The maximum Gasteiger partial charge on any atom is 0.269 e. The molecule has 1 atom stereocenters. The first-order valence-corrected chi connectivity index (χ1v) is 6.53. The smallest absolute Gasteiger partial charge is 0.269 e. The zero-order chi connectivity index (χ0) is 15.4. The maximum absolute atomic E-state index is 10.8. The largest absolute Gasteiger partial charge is 0.378 e. The molecule has 1 N–H and O–H groups in total. The number of rotatable bonds is 4. The summed E-state index contributed by atoms with van der Waals surface area (Å²) in [6.07, 6.45) is 0. The molecule has 0 saturated heterocycles. The fourth-order valence-electron chi connectivity index (χ4n) is 2.07. The van der Waals surface area contributed by atoms with Crippen molar-refractivity contribution in [2.45, 2.75) is 19.9 Å². The molecule has 106 valence electrons. The third kappa shape index (κ3) is 3.37. The first-order valence-electron chi connectivity index (χ1n) is 6.53. The van der Waals surface area contributed by atoms with Crippen LogP contribution >= 0.6 is 0 Å². The molecule has 2 aromatic carbocycles. The van der Waals surface area contributed by atoms with Crippen LogP contribution in [0.15, 0.2) is 42.5 Å². The number of nitro groups is 1. The van der Waals surface area contributed by atoms with Crippen LogP contribution in [0.2, 0.25) is 0 Å². The van der Waals surface area contributed by atoms with E-state index in [9.17, 15) is 10.1 Å². The summed E-state index contributed by atoms with van der Waals surface area (Å²) in [6.45, 7) is 3.88. The van der Waals surface area contributed by atoms with E-state index < -0.39 is 4.92 Å². The number of nitrogens with one attached hydrogen (secondary N) is 1. The average molecular weight is 281 g/mol. The van der Waals surface area contributed by atoms with E-state index in [0.29, 0.717) is 5.56 Å². The van der Waals surface area contributed by atoms with Crippen molar-refractivity contribution >= 4 is 11.4 Å². The lowest BCUT2D eigenvalue weighted by Gasteiger charge is -2.17. The van der Waals surface area contributed by atoms with Gasteiger partial charge in [0.25, 0.3) is 5.69 Å². The van der Waals surface area contributed by atoms with Gasteiger partial charge in [-0.15, -0.1) is 0 Å². The summed E-state index contributed by atoms with van der Waals surface area (Å²) in [5.74, 6) is 0. The van der Waals surface area contributed by atoms with Gasteiger partial charge in [-0.25, -0.2) is 0 Å². The van der Waals surface area contributed by atoms with E-state index in [0.717, 1.165) is 16.8 Å². The van der Waals surface area contributed by atoms with Crippen LogP contribution in [0.5, 0.6) is 0 Å². The van der Waals surface area contributed by atoms with Crippen molar-refractivity contribution < 1.29 is 4.92 Å². The Hall–Kier alpha value is -2.87. The average Bonchev–Trinajstić information content (AvgIpc) is 2.49. The maximum atomic E-state index is 10.8. The monoisotopic (exact) mass is 281 g/mol. The van der Waals surface area contributed by atoms with Gasteiger partial charge in [-0.05, 0) is 37.1 Å². The van der Waals surface area contributed by atoms with Gasteiger partial charge in [-0.2, -0.15) is 5.26 Å². The molecule has 0 aliphatic heterocycles. The Labute approximate surface area is 123 Å². The standard InChI is InChI=1S/C16H15N3O2/c1-11-6-7-13(10-17)8-16(11)18-12(2)14-4-3-5-15(9-14)19(20)21/h3-9,12,18H,1-2H3. The second-order valence-corrected chi connectivity index (χ2v) is 4.86. The van der Waals surface area contributed by atoms with Crippen molar-refractivity contribution in [1.29, 1.82) is 5.26 Å². The summed E-state index contributed by atoms with van der Waals surface area (Å²) in [5.41, 5.74) is 3.35. The van der Waals surface area contributed by atoms with Crippen molar-refractivity contribution in [3.05, 3.63) is 69.3 Å². The number of hydrogen-bond acceptors (Lipinski definition) is 4. The van der Waals surface area contributed by atoms with E-state index in [1.54, 1.807) is 24.3 Å². The molecule has 21 heavy (non-hydrogen) atoms. The Morgan fingerprint density at radius 2 is 2.05 bits per heavy atom. The predicted molar refractivity (Wildman–Crippen MR) is 81.0 cm³/mol. The highest BCUT2D eigenvalue weighted by molar-refractivity contribution is 5.56. The Kier molecular flexibility index (Phi) is 4.19. The summed E-state index contributed by atoms with van der Waals surface area (Å²) in [5, 5.41) is 23.1. The molecule has 0 saturated carbocycles. The number of nitro benzene ring substituents is 1. The van der Waals surface area contributed by atoms with E-state index in [-0.39, 0.29) is 11.7 Å². The zero-order valence-corrected chi connectivity index (χ0v) is 11.8. The minimum atomic E-state index is -0.405. The second kappa shape index (κ2) is 6.06. The van der Waals surface area contributed by atoms with Crippen molar-refractivity contribution in [3.63, 3.8) is 0 Å². The number of anilines is 1. The topological polar surface area (TPSA) is 79.0 Å². The molecule has 0 amide bonds. The van der Waals surface area contributed by atoms with Gasteiger partial charge in [-0.3, -0.25) is 10.1 Å². The van der Waals surface area contributed by atoms with Gasteiger partial charge < -0.3 is 5.32 Å². The number of nitrogens with zero attached hydrogens (tertiary/aromatic N) is 2. The molecule has 2 aromatic rings. The fourth-order valence-corrected chi connectivity index (χ4v) is 2.07. The van der Waals surface area contributed by atoms with Crippen LogP contribution < -0.4 is 5.32 Å². The normalized spacial score (nSPS) is 11.5. The molecule has 0 aliphatic carbocycles. The Bertz CT molecular complexity index is 720. The molecule has 0 aromatic heterocycles. The molecule has 0 aliphatic rings. The van der Waals surface area contributed by atoms with Crippen LogP contribution in [0.3, 0.4) is 0 Å². The highest BCUT2D eigenvalue weighted by Gasteiger charge is 2.12. The summed E-state index contributed by atoms with van der Waals surface area (Å²) in [4.78, 5) is 10.4. The summed E-state index contributed by atoms with van der Waals surface area (Å²) in [6, 6.07) is 14.0. The predicted octanol–water partition coefficient (Wildman–Crippen LogP) is 3.95. The first-order chi connectivity index (χ1) is 10.0. The molecule has 0 radical (unpaired) electrons. The van der Waals surface area contributed by atoms with E-state index in [4.69, 9.17) is 5.26 Å². The number of non-ortho nitro benzene ring substituents is 1. The molecule has 0 heterocycles. The quantitative estimate of drug-likeness (QED) is 0.679. The molecule has 5 nitrogen and oxygen atoms in total. The zero-order valence-electron chi connectivity index (χ0n) is 11.8. The lowest BCUT2D eigenvalue weighted by molar-refractivity contribution is -0.384. The van der Waals surface area contributed by atoms with Gasteiger partial charge in [0.1, 0.15) is 0 Å². The highest BCUT2D eigenvalue weighted by atomic mass is 16.6. The SMILES string of the molecule is Cc1ccc(C#N)cc1NC(C)c1cccc([N+](=O)[O-])c1. The first kappa shape index (κ1) is 14.5. The number of benzene rings is 2. The summed E-state index contributed by atoms with van der Waals surface area (Å²) in [7, 11) is 0. The Balaban J connectivity index is 2.26. The third-order valence-corrected chi connectivity index (χ3v) is 3.32. The molecule has 5 heteroatoms. The Morgan fingerprint density at radius 3 is 2.71 bits per heavy atom. The minimum absolute atomic E-state index is 0.0728. The lowest BCUT2D eigenvalue weighted by atomic mass is 10.1. The van der Waals surface area contributed by atoms with E-state index in [2.05, 4.69) is 11.4 Å². The van der Waals surface area contributed by atoms with Crippen LogP contribution in [0.1, 0.15) is 29.7 Å². The molecular formula is C16H15N3O2. The molecule has 0 bridgehead atoms. The molecular weight excluding hydrogens is 266 g/mol. The fraction of sp³-hybridized carbons (Fsp3) is 0.188. The van der Waals surface area contributed by atoms with Gasteiger partial charge in [0.2, 0.25) is 0 Å². The van der Waals surface area contributed by atoms with Gasteiger partial charge in [0.15, 0.2) is 0 Å². The molecule has 1 unspecified atom stereocenters. The van der Waals surface area contributed by atoms with Gasteiger partial charge in [0.05, 0.1) is 16.6 Å². The van der Waals surface area contributed by atoms with Crippen LogP contribution in [0.25, 0.3) is 0 Å². The van der Waals surface area contributed by atoms with E-state index in [1.165, 1.54) is 6.07 Å². The van der Waals surface area contributed by atoms with Crippen molar-refractivity contribution in [2.24, 2.45) is 0 Å². The molecule has 0 spiro atoms. The number of nitriles is 1. The van der Waals surface area contributed by atoms with Crippen molar-refractivity contribution in [2.75, 3.05) is 5.32 Å². The highest BCUT2D eigenvalue weighted by Crippen LogP contribution is 2.25. The van der Waals surface area contributed by atoms with Gasteiger partial charge in [0, 0.05) is 23.9 Å². The summed E-state index contributed by atoms with van der Waals surface area (Å²) < 4.78 is 0. The minimum Gasteiger partial charge on any atom is -0.378 e. The van der Waals surface area contributed by atoms with Crippen LogP contribution in [-0.2, 0) is 0 Å². The third-order valence-electron chi connectivity index (χ3n) is 3.32.